The second-order valence-corrected chi connectivity index (χ2v) is 5.73. The summed E-state index contributed by atoms with van der Waals surface area (Å²) in [7, 11) is 0. The van der Waals surface area contributed by atoms with Gasteiger partial charge in [-0.1, -0.05) is 63.9 Å². The Morgan fingerprint density at radius 1 is 1.05 bits per heavy atom. The molecule has 100 valence electrons. The molecule has 0 radical (unpaired) electrons. The van der Waals surface area contributed by atoms with Gasteiger partial charge in [-0.15, -0.1) is 0 Å². The second kappa shape index (κ2) is 7.06. The first kappa shape index (κ1) is 14.5. The van der Waals surface area contributed by atoms with Crippen LogP contribution in [-0.4, -0.2) is 5.33 Å². The molecule has 3 heteroatoms. The molecule has 0 saturated heterocycles. The summed E-state index contributed by atoms with van der Waals surface area (Å²) < 4.78 is 13.8. The molecule has 0 spiro atoms. The molecule has 2 aromatic carbocycles. The van der Waals surface area contributed by atoms with Crippen molar-refractivity contribution in [2.75, 3.05) is 5.33 Å². The maximum absolute atomic E-state index is 13.8. The zero-order valence-corrected chi connectivity index (χ0v) is 12.8. The smallest absolute Gasteiger partial charge is 0.127 e. The van der Waals surface area contributed by atoms with Crippen molar-refractivity contribution in [3.63, 3.8) is 0 Å². The summed E-state index contributed by atoms with van der Waals surface area (Å²) in [6.07, 6.45) is 1.65. The van der Waals surface area contributed by atoms with Gasteiger partial charge in [0.15, 0.2) is 0 Å². The molecular weight excluding hydrogens is 327 g/mol. The van der Waals surface area contributed by atoms with E-state index in [0.29, 0.717) is 17.4 Å². The first-order valence-electron chi connectivity index (χ1n) is 6.23. The maximum atomic E-state index is 13.8. The van der Waals surface area contributed by atoms with Crippen LogP contribution in [-0.2, 0) is 12.8 Å². The van der Waals surface area contributed by atoms with Crippen LogP contribution in [0.2, 0.25) is 5.02 Å². The highest BCUT2D eigenvalue weighted by Gasteiger charge is 2.12. The van der Waals surface area contributed by atoms with Crippen molar-refractivity contribution < 1.29 is 4.39 Å². The number of hydrogen-bond donors (Lipinski definition) is 0. The molecular formula is C16H15BrClF. The third kappa shape index (κ3) is 4.32. The topological polar surface area (TPSA) is 0 Å². The SMILES string of the molecule is Fc1cc(Cl)ccc1CC(CBr)Cc1ccccc1. The van der Waals surface area contributed by atoms with Crippen LogP contribution >= 0.6 is 27.5 Å². The summed E-state index contributed by atoms with van der Waals surface area (Å²) in [4.78, 5) is 0. The molecule has 2 rings (SSSR count). The molecule has 2 aromatic rings. The quantitative estimate of drug-likeness (QED) is 0.649. The molecule has 0 heterocycles. The Morgan fingerprint density at radius 2 is 1.79 bits per heavy atom. The van der Waals surface area contributed by atoms with Crippen LogP contribution in [0.1, 0.15) is 11.1 Å². The van der Waals surface area contributed by atoms with E-state index in [1.54, 1.807) is 12.1 Å². The van der Waals surface area contributed by atoms with E-state index in [0.717, 1.165) is 17.3 Å². The van der Waals surface area contributed by atoms with Gasteiger partial charge >= 0.3 is 0 Å². The van der Waals surface area contributed by atoms with Crippen molar-refractivity contribution >= 4 is 27.5 Å². The molecule has 0 aromatic heterocycles. The summed E-state index contributed by atoms with van der Waals surface area (Å²) >= 11 is 9.29. The van der Waals surface area contributed by atoms with Crippen LogP contribution in [0.25, 0.3) is 0 Å². The van der Waals surface area contributed by atoms with Crippen LogP contribution in [0.15, 0.2) is 48.5 Å². The summed E-state index contributed by atoms with van der Waals surface area (Å²) in [5.74, 6) is 0.157. The summed E-state index contributed by atoms with van der Waals surface area (Å²) in [6, 6.07) is 15.2. The molecule has 1 atom stereocenters. The van der Waals surface area contributed by atoms with E-state index in [1.807, 2.05) is 18.2 Å². The molecule has 0 nitrogen and oxygen atoms in total. The molecule has 0 aliphatic heterocycles. The Labute approximate surface area is 126 Å². The third-order valence-electron chi connectivity index (χ3n) is 3.11. The van der Waals surface area contributed by atoms with E-state index in [1.165, 1.54) is 11.6 Å². The Morgan fingerprint density at radius 3 is 2.42 bits per heavy atom. The van der Waals surface area contributed by atoms with Gasteiger partial charge in [-0.25, -0.2) is 4.39 Å². The number of rotatable bonds is 5. The lowest BCUT2D eigenvalue weighted by Crippen LogP contribution is -2.11. The molecule has 0 saturated carbocycles. The first-order valence-corrected chi connectivity index (χ1v) is 7.73. The van der Waals surface area contributed by atoms with Gasteiger partial charge in [-0.05, 0) is 42.0 Å². The molecule has 1 unspecified atom stereocenters. The summed E-state index contributed by atoms with van der Waals surface area (Å²) in [5.41, 5.74) is 2.01. The second-order valence-electron chi connectivity index (χ2n) is 4.65. The van der Waals surface area contributed by atoms with E-state index in [-0.39, 0.29) is 5.82 Å². The van der Waals surface area contributed by atoms with Gasteiger partial charge in [-0.3, -0.25) is 0 Å². The monoisotopic (exact) mass is 340 g/mol. The predicted molar refractivity (Wildman–Crippen MR) is 82.5 cm³/mol. The van der Waals surface area contributed by atoms with Gasteiger partial charge in [0.2, 0.25) is 0 Å². The van der Waals surface area contributed by atoms with Crippen LogP contribution in [0, 0.1) is 11.7 Å². The van der Waals surface area contributed by atoms with Crippen molar-refractivity contribution in [2.45, 2.75) is 12.8 Å². The van der Waals surface area contributed by atoms with E-state index in [2.05, 4.69) is 28.1 Å². The minimum absolute atomic E-state index is 0.216. The molecule has 0 N–H and O–H groups in total. The molecule has 0 fully saturated rings. The fourth-order valence-corrected chi connectivity index (χ4v) is 2.74. The number of hydrogen-bond acceptors (Lipinski definition) is 0. The van der Waals surface area contributed by atoms with E-state index >= 15 is 0 Å². The van der Waals surface area contributed by atoms with Gasteiger partial charge in [0, 0.05) is 10.4 Å². The Hall–Kier alpha value is -0.860. The molecule has 19 heavy (non-hydrogen) atoms. The van der Waals surface area contributed by atoms with Gasteiger partial charge in [0.25, 0.3) is 0 Å². The molecule has 0 amide bonds. The van der Waals surface area contributed by atoms with Crippen LogP contribution in [0.4, 0.5) is 4.39 Å². The maximum Gasteiger partial charge on any atom is 0.127 e. The lowest BCUT2D eigenvalue weighted by Gasteiger charge is -2.15. The van der Waals surface area contributed by atoms with Gasteiger partial charge in [-0.2, -0.15) is 0 Å². The van der Waals surface area contributed by atoms with Crippen molar-refractivity contribution in [3.05, 3.63) is 70.5 Å². The van der Waals surface area contributed by atoms with Gasteiger partial charge in [0.05, 0.1) is 0 Å². The van der Waals surface area contributed by atoms with Crippen LogP contribution < -0.4 is 0 Å². The fraction of sp³-hybridized carbons (Fsp3) is 0.250. The zero-order valence-electron chi connectivity index (χ0n) is 10.5. The Balaban J connectivity index is 2.06. The summed E-state index contributed by atoms with van der Waals surface area (Å²) in [5, 5.41) is 1.30. The van der Waals surface area contributed by atoms with Gasteiger partial charge < -0.3 is 0 Å². The molecule has 0 aliphatic carbocycles. The average molecular weight is 342 g/mol. The largest absolute Gasteiger partial charge is 0.207 e. The van der Waals surface area contributed by atoms with Crippen molar-refractivity contribution in [1.82, 2.24) is 0 Å². The Kier molecular flexibility index (Phi) is 5.41. The van der Waals surface area contributed by atoms with E-state index in [4.69, 9.17) is 11.6 Å². The van der Waals surface area contributed by atoms with Gasteiger partial charge in [0.1, 0.15) is 5.82 Å². The number of benzene rings is 2. The highest BCUT2D eigenvalue weighted by atomic mass is 79.9. The van der Waals surface area contributed by atoms with E-state index < -0.39 is 0 Å². The summed E-state index contributed by atoms with van der Waals surface area (Å²) in [6.45, 7) is 0. The number of alkyl halides is 1. The van der Waals surface area contributed by atoms with Crippen LogP contribution in [0.3, 0.4) is 0 Å². The Bertz CT molecular complexity index is 528. The first-order chi connectivity index (χ1) is 9.19. The minimum Gasteiger partial charge on any atom is -0.207 e. The zero-order chi connectivity index (χ0) is 13.7. The highest BCUT2D eigenvalue weighted by Crippen LogP contribution is 2.21. The normalized spacial score (nSPS) is 12.4. The van der Waals surface area contributed by atoms with Crippen molar-refractivity contribution in [2.24, 2.45) is 5.92 Å². The third-order valence-corrected chi connectivity index (χ3v) is 4.26. The van der Waals surface area contributed by atoms with Crippen molar-refractivity contribution in [3.8, 4) is 0 Å². The lowest BCUT2D eigenvalue weighted by atomic mass is 9.94. The lowest BCUT2D eigenvalue weighted by molar-refractivity contribution is 0.550. The highest BCUT2D eigenvalue weighted by molar-refractivity contribution is 9.09. The van der Waals surface area contributed by atoms with E-state index in [9.17, 15) is 4.39 Å². The molecule has 0 bridgehead atoms. The number of halogens is 3. The standard InChI is InChI=1S/C16H15BrClF/c17-11-13(8-12-4-2-1-3-5-12)9-14-6-7-15(18)10-16(14)19/h1-7,10,13H,8-9,11H2. The molecule has 0 aliphatic rings. The van der Waals surface area contributed by atoms with Crippen molar-refractivity contribution in [1.29, 1.82) is 0 Å². The average Bonchev–Trinajstić information content (AvgIpc) is 2.42. The fourth-order valence-electron chi connectivity index (χ4n) is 2.13. The minimum atomic E-state index is -0.216. The van der Waals surface area contributed by atoms with Crippen LogP contribution in [0.5, 0.6) is 0 Å². The predicted octanol–water partition coefficient (Wildman–Crippen LogP) is 5.28.